The first-order chi connectivity index (χ1) is 12.2. The molecule has 2 aromatic rings. The Labute approximate surface area is 172 Å². The number of rotatable bonds is 9. The quantitative estimate of drug-likeness (QED) is 0.253. The zero-order valence-electron chi connectivity index (χ0n) is 15.6. The summed E-state index contributed by atoms with van der Waals surface area (Å²) < 4.78 is 12.6. The molecule has 0 aliphatic rings. The second-order valence-corrected chi connectivity index (χ2v) is 5.48. The van der Waals surface area contributed by atoms with E-state index in [4.69, 9.17) is 9.47 Å². The zero-order chi connectivity index (χ0) is 17.9. The Bertz CT molecular complexity index is 658. The van der Waals surface area contributed by atoms with Crippen molar-refractivity contribution in [1.29, 1.82) is 0 Å². The van der Waals surface area contributed by atoms with Crippen LogP contribution in [0.15, 0.2) is 41.7 Å². The fraction of sp³-hybridized carbons (Fsp3) is 0.444. The number of halogens is 1. The van der Waals surface area contributed by atoms with Crippen LogP contribution in [0.25, 0.3) is 0 Å². The summed E-state index contributed by atoms with van der Waals surface area (Å²) in [6.07, 6.45) is 4.75. The maximum Gasteiger partial charge on any atom is 0.191 e. The number of methoxy groups -OCH3 is 1. The Morgan fingerprint density at radius 1 is 1.19 bits per heavy atom. The van der Waals surface area contributed by atoms with Crippen molar-refractivity contribution in [1.82, 2.24) is 20.4 Å². The minimum absolute atomic E-state index is 0. The number of guanidine groups is 1. The van der Waals surface area contributed by atoms with E-state index in [2.05, 4.69) is 20.7 Å². The van der Waals surface area contributed by atoms with Crippen LogP contribution in [0.1, 0.15) is 12.5 Å². The highest BCUT2D eigenvalue weighted by Gasteiger charge is 2.00. The van der Waals surface area contributed by atoms with Gasteiger partial charge in [0.1, 0.15) is 18.1 Å². The van der Waals surface area contributed by atoms with E-state index in [1.807, 2.05) is 50.6 Å². The van der Waals surface area contributed by atoms with Crippen molar-refractivity contribution >= 4 is 29.9 Å². The molecule has 1 aromatic carbocycles. The van der Waals surface area contributed by atoms with Crippen LogP contribution in [-0.4, -0.2) is 49.1 Å². The zero-order valence-corrected chi connectivity index (χ0v) is 17.9. The fourth-order valence-corrected chi connectivity index (χ4v) is 2.25. The average Bonchev–Trinajstić information content (AvgIpc) is 3.04. The molecule has 1 aromatic heterocycles. The van der Waals surface area contributed by atoms with Gasteiger partial charge in [0.2, 0.25) is 0 Å². The number of aromatic nitrogens is 2. The van der Waals surface area contributed by atoms with E-state index >= 15 is 0 Å². The first-order valence-corrected chi connectivity index (χ1v) is 8.48. The first kappa shape index (κ1) is 22.1. The summed E-state index contributed by atoms with van der Waals surface area (Å²) in [6, 6.07) is 7.55. The molecular formula is C18H28IN5O2. The molecule has 2 N–H and O–H groups in total. The topological polar surface area (TPSA) is 72.7 Å². The van der Waals surface area contributed by atoms with Crippen molar-refractivity contribution in [3.63, 3.8) is 0 Å². The van der Waals surface area contributed by atoms with Gasteiger partial charge in [-0.15, -0.1) is 24.0 Å². The molecule has 0 aliphatic heterocycles. The molecule has 0 spiro atoms. The van der Waals surface area contributed by atoms with Crippen LogP contribution >= 0.6 is 24.0 Å². The number of benzene rings is 1. The Morgan fingerprint density at radius 2 is 1.92 bits per heavy atom. The van der Waals surface area contributed by atoms with E-state index < -0.39 is 0 Å². The third-order valence-corrected chi connectivity index (χ3v) is 3.50. The smallest absolute Gasteiger partial charge is 0.191 e. The van der Waals surface area contributed by atoms with Crippen molar-refractivity contribution in [3.05, 3.63) is 42.2 Å². The van der Waals surface area contributed by atoms with E-state index in [1.54, 1.807) is 11.8 Å². The number of hydrogen-bond acceptors (Lipinski definition) is 4. The molecule has 0 amide bonds. The fourth-order valence-electron chi connectivity index (χ4n) is 2.25. The number of aryl methyl sites for hydroxylation is 1. The minimum atomic E-state index is 0. The summed E-state index contributed by atoms with van der Waals surface area (Å²) in [6.45, 7) is 4.80. The normalized spacial score (nSPS) is 10.8. The van der Waals surface area contributed by atoms with E-state index in [0.717, 1.165) is 30.4 Å². The van der Waals surface area contributed by atoms with Crippen LogP contribution in [0.2, 0.25) is 0 Å². The molecule has 8 heteroatoms. The van der Waals surface area contributed by atoms with Gasteiger partial charge in [0.25, 0.3) is 0 Å². The van der Waals surface area contributed by atoms with Gasteiger partial charge in [-0.3, -0.25) is 9.67 Å². The van der Waals surface area contributed by atoms with E-state index in [9.17, 15) is 0 Å². The summed E-state index contributed by atoms with van der Waals surface area (Å²) in [5.41, 5.74) is 1.19. The predicted octanol–water partition coefficient (Wildman–Crippen LogP) is 2.22. The second kappa shape index (κ2) is 12.4. The van der Waals surface area contributed by atoms with Gasteiger partial charge in [0, 0.05) is 26.3 Å². The van der Waals surface area contributed by atoms with Crippen molar-refractivity contribution < 1.29 is 9.47 Å². The number of nitrogens with zero attached hydrogens (tertiary/aromatic N) is 3. The van der Waals surface area contributed by atoms with Crippen LogP contribution in [0, 0.1) is 0 Å². The highest BCUT2D eigenvalue weighted by molar-refractivity contribution is 14.0. The van der Waals surface area contributed by atoms with Gasteiger partial charge in [0.15, 0.2) is 5.96 Å². The molecule has 0 atom stereocenters. The summed E-state index contributed by atoms with van der Waals surface area (Å²) in [5, 5.41) is 10.7. The lowest BCUT2D eigenvalue weighted by atomic mass is 10.3. The molecule has 0 bridgehead atoms. The summed E-state index contributed by atoms with van der Waals surface area (Å²) in [4.78, 5) is 4.57. The molecule has 0 unspecified atom stereocenters. The molecule has 26 heavy (non-hydrogen) atoms. The Hall–Kier alpha value is -1.97. The van der Waals surface area contributed by atoms with E-state index in [1.165, 1.54) is 5.56 Å². The Morgan fingerprint density at radius 3 is 2.54 bits per heavy atom. The third-order valence-electron chi connectivity index (χ3n) is 3.50. The molecule has 144 valence electrons. The number of nitrogens with one attached hydrogen (secondary N) is 2. The molecule has 1 heterocycles. The van der Waals surface area contributed by atoms with Crippen molar-refractivity contribution in [3.8, 4) is 11.5 Å². The standard InChI is InChI=1S/C18H27N5O2.HI/c1-4-19-18(20-10-9-15-13-22-23(2)14-15)21-11-12-25-17-7-5-16(24-3)6-8-17;/h5-8,13-14H,4,9-12H2,1-3H3,(H2,19,20,21);1H. The highest BCUT2D eigenvalue weighted by atomic mass is 127. The number of hydrogen-bond donors (Lipinski definition) is 2. The maximum atomic E-state index is 5.70. The first-order valence-electron chi connectivity index (χ1n) is 8.48. The Balaban J connectivity index is 0.00000338. The summed E-state index contributed by atoms with van der Waals surface area (Å²) >= 11 is 0. The molecule has 2 rings (SSSR count). The monoisotopic (exact) mass is 473 g/mol. The molecule has 0 fully saturated rings. The van der Waals surface area contributed by atoms with Crippen LogP contribution in [0.4, 0.5) is 0 Å². The van der Waals surface area contributed by atoms with Gasteiger partial charge >= 0.3 is 0 Å². The lowest BCUT2D eigenvalue weighted by Crippen LogP contribution is -2.39. The Kier molecular flexibility index (Phi) is 10.5. The highest BCUT2D eigenvalue weighted by Crippen LogP contribution is 2.16. The lowest BCUT2D eigenvalue weighted by molar-refractivity contribution is 0.321. The van der Waals surface area contributed by atoms with Crippen LogP contribution in [0.5, 0.6) is 11.5 Å². The van der Waals surface area contributed by atoms with Gasteiger partial charge in [-0.25, -0.2) is 0 Å². The summed E-state index contributed by atoms with van der Waals surface area (Å²) in [7, 11) is 3.57. The second-order valence-electron chi connectivity index (χ2n) is 5.48. The molecule has 0 aliphatic carbocycles. The van der Waals surface area contributed by atoms with Gasteiger partial charge in [-0.1, -0.05) is 0 Å². The lowest BCUT2D eigenvalue weighted by Gasteiger charge is -2.12. The van der Waals surface area contributed by atoms with E-state index in [-0.39, 0.29) is 24.0 Å². The van der Waals surface area contributed by atoms with Crippen LogP contribution in [-0.2, 0) is 13.5 Å². The maximum absolute atomic E-state index is 5.70. The van der Waals surface area contributed by atoms with Gasteiger partial charge in [-0.05, 0) is 43.2 Å². The summed E-state index contributed by atoms with van der Waals surface area (Å²) in [5.74, 6) is 2.44. The largest absolute Gasteiger partial charge is 0.497 e. The molecule has 0 saturated heterocycles. The van der Waals surface area contributed by atoms with Crippen molar-refractivity contribution in [2.75, 3.05) is 33.4 Å². The molecule has 7 nitrogen and oxygen atoms in total. The number of aliphatic imine (C=N–C) groups is 1. The third kappa shape index (κ3) is 7.94. The van der Waals surface area contributed by atoms with E-state index in [0.29, 0.717) is 19.7 Å². The molecule has 0 saturated carbocycles. The molecule has 0 radical (unpaired) electrons. The van der Waals surface area contributed by atoms with Crippen molar-refractivity contribution in [2.45, 2.75) is 13.3 Å². The average molecular weight is 473 g/mol. The minimum Gasteiger partial charge on any atom is -0.497 e. The van der Waals surface area contributed by atoms with Gasteiger partial charge in [-0.2, -0.15) is 5.10 Å². The molecular weight excluding hydrogens is 445 g/mol. The van der Waals surface area contributed by atoms with Crippen molar-refractivity contribution in [2.24, 2.45) is 12.0 Å². The SMILES string of the molecule is CCNC(=NCCc1cnn(C)c1)NCCOc1ccc(OC)cc1.I. The van der Waals surface area contributed by atoms with Gasteiger partial charge < -0.3 is 20.1 Å². The number of ether oxygens (including phenoxy) is 2. The predicted molar refractivity (Wildman–Crippen MR) is 115 cm³/mol. The van der Waals surface area contributed by atoms with Crippen LogP contribution in [0.3, 0.4) is 0 Å². The van der Waals surface area contributed by atoms with Gasteiger partial charge in [0.05, 0.1) is 19.9 Å². The van der Waals surface area contributed by atoms with Crippen LogP contribution < -0.4 is 20.1 Å².